The van der Waals surface area contributed by atoms with Crippen LogP contribution in [0.5, 0.6) is 5.75 Å². The maximum absolute atomic E-state index is 12.3. The third-order valence-electron chi connectivity index (χ3n) is 3.95. The van der Waals surface area contributed by atoms with Crippen molar-refractivity contribution >= 4 is 11.7 Å². The number of nitrogens with one attached hydrogen (secondary N) is 1. The summed E-state index contributed by atoms with van der Waals surface area (Å²) in [5.41, 5.74) is 7.88. The summed E-state index contributed by atoms with van der Waals surface area (Å²) >= 11 is 0. The van der Waals surface area contributed by atoms with Crippen LogP contribution in [0.1, 0.15) is 17.0 Å². The Bertz CT molecular complexity index is 859. The Hall–Kier alpha value is -3.35. The second kappa shape index (κ2) is 8.15. The van der Waals surface area contributed by atoms with Crippen LogP contribution in [-0.4, -0.2) is 27.6 Å². The predicted octanol–water partition coefficient (Wildman–Crippen LogP) is 1.78. The number of rotatable bonds is 7. The Balaban J connectivity index is 1.60. The number of pyridine rings is 1. The van der Waals surface area contributed by atoms with Gasteiger partial charge in [0.2, 0.25) is 5.91 Å². The van der Waals surface area contributed by atoms with Crippen LogP contribution in [0.15, 0.2) is 55.0 Å². The minimum atomic E-state index is -0.103. The molecule has 134 valence electrons. The van der Waals surface area contributed by atoms with Crippen molar-refractivity contribution < 1.29 is 9.53 Å². The Morgan fingerprint density at radius 3 is 2.58 bits per heavy atom. The highest BCUT2D eigenvalue weighted by molar-refractivity contribution is 5.75. The molecule has 7 heteroatoms. The van der Waals surface area contributed by atoms with Gasteiger partial charge in [0.1, 0.15) is 23.9 Å². The zero-order valence-electron chi connectivity index (χ0n) is 14.6. The molecule has 2 aromatic heterocycles. The highest BCUT2D eigenvalue weighted by atomic mass is 16.5. The molecule has 0 aliphatic heterocycles. The molecule has 26 heavy (non-hydrogen) atoms. The molecule has 0 bridgehead atoms. The predicted molar refractivity (Wildman–Crippen MR) is 98.5 cm³/mol. The molecular formula is C19H21N5O2. The van der Waals surface area contributed by atoms with Crippen LogP contribution >= 0.6 is 0 Å². The van der Waals surface area contributed by atoms with E-state index in [1.807, 2.05) is 36.4 Å². The van der Waals surface area contributed by atoms with Crippen LogP contribution < -0.4 is 15.8 Å². The van der Waals surface area contributed by atoms with E-state index in [2.05, 4.69) is 15.3 Å². The first-order valence-corrected chi connectivity index (χ1v) is 8.24. The topological polar surface area (TPSA) is 95.1 Å². The first-order chi connectivity index (χ1) is 12.6. The number of carbonyl (C=O) groups is 1. The number of nitrogens with two attached hydrogens (primary N) is 1. The molecule has 0 aliphatic rings. The number of hydrogen-bond acceptors (Lipinski definition) is 5. The van der Waals surface area contributed by atoms with Crippen molar-refractivity contribution in [3.05, 3.63) is 71.9 Å². The second-order valence-corrected chi connectivity index (χ2v) is 5.87. The van der Waals surface area contributed by atoms with Crippen molar-refractivity contribution in [2.75, 3.05) is 12.8 Å². The highest BCUT2D eigenvalue weighted by Crippen LogP contribution is 2.12. The molecule has 3 N–H and O–H groups in total. The fourth-order valence-electron chi connectivity index (χ4n) is 2.59. The first-order valence-electron chi connectivity index (χ1n) is 8.24. The summed E-state index contributed by atoms with van der Waals surface area (Å²) < 4.78 is 6.90. The maximum Gasteiger partial charge on any atom is 0.240 e. The minimum absolute atomic E-state index is 0.103. The number of amides is 1. The van der Waals surface area contributed by atoms with E-state index in [1.165, 1.54) is 0 Å². The van der Waals surface area contributed by atoms with Crippen molar-refractivity contribution in [1.29, 1.82) is 0 Å². The third-order valence-corrected chi connectivity index (χ3v) is 3.95. The number of nitrogen functional groups attached to an aromatic ring is 1. The van der Waals surface area contributed by atoms with Gasteiger partial charge in [0.05, 0.1) is 7.11 Å². The quantitative estimate of drug-likeness (QED) is 0.676. The molecule has 0 aliphatic carbocycles. The van der Waals surface area contributed by atoms with E-state index in [9.17, 15) is 4.79 Å². The normalized spacial score (nSPS) is 10.5. The van der Waals surface area contributed by atoms with Crippen LogP contribution in [0.25, 0.3) is 0 Å². The summed E-state index contributed by atoms with van der Waals surface area (Å²) in [5.74, 6) is 1.83. The van der Waals surface area contributed by atoms with Gasteiger partial charge in [0.15, 0.2) is 0 Å². The van der Waals surface area contributed by atoms with E-state index >= 15 is 0 Å². The third kappa shape index (κ3) is 4.60. The SMILES string of the molecule is COc1ccc(CNC(=O)Cn2cc(N)nc2Cc2ccncc2)cc1. The summed E-state index contributed by atoms with van der Waals surface area (Å²) in [6, 6.07) is 11.4. The number of benzene rings is 1. The van der Waals surface area contributed by atoms with Gasteiger partial charge in [0.25, 0.3) is 0 Å². The fraction of sp³-hybridized carbons (Fsp3) is 0.211. The van der Waals surface area contributed by atoms with Gasteiger partial charge in [-0.3, -0.25) is 9.78 Å². The van der Waals surface area contributed by atoms with Gasteiger partial charge in [-0.1, -0.05) is 12.1 Å². The molecular weight excluding hydrogens is 330 g/mol. The first kappa shape index (κ1) is 17.5. The van der Waals surface area contributed by atoms with E-state index in [-0.39, 0.29) is 12.5 Å². The number of aromatic nitrogens is 3. The van der Waals surface area contributed by atoms with Crippen molar-refractivity contribution in [2.24, 2.45) is 0 Å². The van der Waals surface area contributed by atoms with E-state index in [4.69, 9.17) is 10.5 Å². The van der Waals surface area contributed by atoms with E-state index in [0.717, 1.165) is 22.7 Å². The smallest absolute Gasteiger partial charge is 0.240 e. The van der Waals surface area contributed by atoms with Gasteiger partial charge >= 0.3 is 0 Å². The van der Waals surface area contributed by atoms with Crippen LogP contribution in [-0.2, 0) is 24.3 Å². The second-order valence-electron chi connectivity index (χ2n) is 5.87. The zero-order chi connectivity index (χ0) is 18.4. The molecule has 0 unspecified atom stereocenters. The zero-order valence-corrected chi connectivity index (χ0v) is 14.6. The summed E-state index contributed by atoms with van der Waals surface area (Å²) in [7, 11) is 1.62. The lowest BCUT2D eigenvalue weighted by Crippen LogP contribution is -2.27. The van der Waals surface area contributed by atoms with Crippen molar-refractivity contribution in [2.45, 2.75) is 19.5 Å². The number of imidazole rings is 1. The fourth-order valence-corrected chi connectivity index (χ4v) is 2.59. The Kier molecular flexibility index (Phi) is 5.48. The Labute approximate surface area is 151 Å². The van der Waals surface area contributed by atoms with Crippen LogP contribution in [0.2, 0.25) is 0 Å². The molecule has 2 heterocycles. The van der Waals surface area contributed by atoms with Crippen LogP contribution in [0.4, 0.5) is 5.82 Å². The van der Waals surface area contributed by atoms with Crippen molar-refractivity contribution in [3.63, 3.8) is 0 Å². The van der Waals surface area contributed by atoms with E-state index in [1.54, 1.807) is 30.3 Å². The molecule has 1 amide bonds. The molecule has 0 saturated carbocycles. The lowest BCUT2D eigenvalue weighted by molar-refractivity contribution is -0.121. The van der Waals surface area contributed by atoms with Gasteiger partial charge in [0, 0.05) is 31.6 Å². The average Bonchev–Trinajstić information content (AvgIpc) is 3.00. The van der Waals surface area contributed by atoms with Gasteiger partial charge in [-0.25, -0.2) is 4.98 Å². The Morgan fingerprint density at radius 1 is 1.15 bits per heavy atom. The Morgan fingerprint density at radius 2 is 1.88 bits per heavy atom. The molecule has 0 radical (unpaired) electrons. The average molecular weight is 351 g/mol. The highest BCUT2D eigenvalue weighted by Gasteiger charge is 2.11. The molecule has 0 spiro atoms. The largest absolute Gasteiger partial charge is 0.497 e. The van der Waals surface area contributed by atoms with Gasteiger partial charge in [-0.2, -0.15) is 0 Å². The van der Waals surface area contributed by atoms with Crippen LogP contribution in [0.3, 0.4) is 0 Å². The lowest BCUT2D eigenvalue weighted by atomic mass is 10.2. The van der Waals surface area contributed by atoms with Gasteiger partial charge < -0.3 is 20.4 Å². The molecule has 0 saturated heterocycles. The summed E-state index contributed by atoms with van der Waals surface area (Å²) in [5, 5.41) is 2.91. The van der Waals surface area contributed by atoms with E-state index in [0.29, 0.717) is 18.8 Å². The summed E-state index contributed by atoms with van der Waals surface area (Å²) in [6.45, 7) is 0.619. The molecule has 3 rings (SSSR count). The van der Waals surface area contributed by atoms with Crippen molar-refractivity contribution in [1.82, 2.24) is 19.9 Å². The summed E-state index contributed by atoms with van der Waals surface area (Å²) in [4.78, 5) is 20.6. The van der Waals surface area contributed by atoms with E-state index < -0.39 is 0 Å². The van der Waals surface area contributed by atoms with Crippen LogP contribution in [0, 0.1) is 0 Å². The number of methoxy groups -OCH3 is 1. The molecule has 1 aromatic carbocycles. The number of nitrogens with zero attached hydrogens (tertiary/aromatic N) is 3. The lowest BCUT2D eigenvalue weighted by Gasteiger charge is -2.09. The monoisotopic (exact) mass is 351 g/mol. The summed E-state index contributed by atoms with van der Waals surface area (Å²) in [6.07, 6.45) is 5.73. The van der Waals surface area contributed by atoms with Gasteiger partial charge in [-0.15, -0.1) is 0 Å². The molecule has 7 nitrogen and oxygen atoms in total. The molecule has 3 aromatic rings. The van der Waals surface area contributed by atoms with Gasteiger partial charge in [-0.05, 0) is 35.4 Å². The minimum Gasteiger partial charge on any atom is -0.497 e. The number of carbonyl (C=O) groups excluding carboxylic acids is 1. The molecule has 0 fully saturated rings. The maximum atomic E-state index is 12.3. The van der Waals surface area contributed by atoms with Crippen molar-refractivity contribution in [3.8, 4) is 5.75 Å². The number of ether oxygens (including phenoxy) is 1. The number of hydrogen-bond donors (Lipinski definition) is 2. The standard InChI is InChI=1S/C19H21N5O2/c1-26-16-4-2-15(3-5-16)11-22-19(25)13-24-12-17(20)23-18(24)10-14-6-8-21-9-7-14/h2-9,12H,10-11,13,20H2,1H3,(H,22,25). The number of anilines is 1. The molecule has 0 atom stereocenters.